The summed E-state index contributed by atoms with van der Waals surface area (Å²) in [5, 5.41) is 3.58. The van der Waals surface area contributed by atoms with Crippen LogP contribution < -0.4 is 5.43 Å². The van der Waals surface area contributed by atoms with Crippen LogP contribution in [0.5, 0.6) is 0 Å². The van der Waals surface area contributed by atoms with Crippen molar-refractivity contribution in [3.8, 4) is 0 Å². The third kappa shape index (κ3) is 0.734. The van der Waals surface area contributed by atoms with Crippen LogP contribution in [0.4, 0.5) is 0 Å². The van der Waals surface area contributed by atoms with E-state index in [1.807, 2.05) is 0 Å². The summed E-state index contributed by atoms with van der Waals surface area (Å²) < 4.78 is 9.30. The molecule has 0 spiro atoms. The third-order valence-electron chi connectivity index (χ3n) is 0.605. The molecule has 0 aromatic heterocycles. The summed E-state index contributed by atoms with van der Waals surface area (Å²) in [4.78, 5) is 0. The summed E-state index contributed by atoms with van der Waals surface area (Å²) in [5.74, 6) is 0. The molecule has 1 rings (SSSR count). The summed E-state index contributed by atoms with van der Waals surface area (Å²) in [6, 6.07) is 0. The topological polar surface area (TPSA) is 42.8 Å². The zero-order chi connectivity index (χ0) is 5.11. The van der Waals surface area contributed by atoms with Gasteiger partial charge in [0.1, 0.15) is 0 Å². The predicted molar refractivity (Wildman–Crippen MR) is 23.5 cm³/mol. The normalized spacial score (nSPS) is 17.0. The van der Waals surface area contributed by atoms with Crippen LogP contribution in [0.3, 0.4) is 0 Å². The van der Waals surface area contributed by atoms with Crippen LogP contribution in [-0.4, -0.2) is 19.9 Å². The molecule has 4 heteroatoms. The van der Waals surface area contributed by atoms with Crippen LogP contribution in [0.15, 0.2) is 5.10 Å². The molecule has 0 aromatic carbocycles. The molecule has 0 amide bonds. The highest BCUT2D eigenvalue weighted by Crippen LogP contribution is 1.86. The van der Waals surface area contributed by atoms with E-state index in [0.29, 0.717) is 12.8 Å². The molecule has 0 saturated carbocycles. The quantitative estimate of drug-likeness (QED) is 0.447. The van der Waals surface area contributed by atoms with Gasteiger partial charge in [-0.25, -0.2) is 0 Å². The first-order chi connectivity index (χ1) is 3.43. The van der Waals surface area contributed by atoms with Crippen molar-refractivity contribution in [2.24, 2.45) is 5.10 Å². The van der Waals surface area contributed by atoms with Crippen LogP contribution in [0.2, 0.25) is 0 Å². The molecule has 0 fully saturated rings. The highest BCUT2D eigenvalue weighted by Gasteiger charge is 2.02. The summed E-state index contributed by atoms with van der Waals surface area (Å²) in [6.07, 6.45) is 0.306. The molecule has 7 heavy (non-hydrogen) atoms. The molecule has 0 unspecified atom stereocenters. The second-order valence-corrected chi connectivity index (χ2v) is 1.03. The Hall–Kier alpha value is -0.930. The molecule has 40 valence electrons. The Bertz CT molecular complexity index is 90.9. The van der Waals surface area contributed by atoms with Crippen LogP contribution in [0.25, 0.3) is 0 Å². The molecular weight excluding hydrogens is 96.0 g/mol. The maximum absolute atomic E-state index is 4.72. The van der Waals surface area contributed by atoms with Gasteiger partial charge in [-0.2, -0.15) is 0 Å². The number of rotatable bonds is 0. The molecule has 1 heterocycles. The van der Waals surface area contributed by atoms with Crippen molar-refractivity contribution in [1.29, 1.82) is 0 Å². The lowest BCUT2D eigenvalue weighted by molar-refractivity contribution is 0.218. The average Bonchev–Trinajstić information content (AvgIpc) is 2.14. The molecule has 0 aromatic rings. The molecule has 0 radical (unpaired) electrons. The van der Waals surface area contributed by atoms with Crippen molar-refractivity contribution in [3.05, 3.63) is 0 Å². The van der Waals surface area contributed by atoms with Crippen LogP contribution in [0, 0.1) is 0 Å². The lowest BCUT2D eigenvalue weighted by Gasteiger charge is -1.91. The fourth-order valence-corrected chi connectivity index (χ4v) is 0.328. The maximum Gasteiger partial charge on any atom is 0.407 e. The van der Waals surface area contributed by atoms with Gasteiger partial charge in [-0.05, 0) is 0 Å². The van der Waals surface area contributed by atoms with E-state index in [4.69, 9.17) is 4.74 Å². The average molecular weight is 102 g/mol. The van der Waals surface area contributed by atoms with E-state index in [1.54, 1.807) is 0 Å². The van der Waals surface area contributed by atoms with Gasteiger partial charge in [-0.3, -0.25) is 5.43 Å². The van der Waals surface area contributed by atoms with E-state index < -0.39 is 0 Å². The van der Waals surface area contributed by atoms with E-state index in [1.165, 1.54) is 7.11 Å². The Labute approximate surface area is 41.1 Å². The Balaban J connectivity index is 2.36. The molecule has 0 bridgehead atoms. The largest absolute Gasteiger partial charge is 0.453 e. The van der Waals surface area contributed by atoms with Crippen molar-refractivity contribution in [1.82, 2.24) is 5.43 Å². The lowest BCUT2D eigenvalue weighted by Crippen LogP contribution is -2.01. The van der Waals surface area contributed by atoms with Gasteiger partial charge in [-0.15, -0.1) is 5.10 Å². The van der Waals surface area contributed by atoms with Crippen molar-refractivity contribution in [3.63, 3.8) is 0 Å². The van der Waals surface area contributed by atoms with E-state index >= 15 is 0 Å². The van der Waals surface area contributed by atoms with E-state index in [-0.39, 0.29) is 0 Å². The third-order valence-corrected chi connectivity index (χ3v) is 0.605. The molecular formula is C3H6N2O2. The number of ether oxygens (including phenoxy) is 2. The van der Waals surface area contributed by atoms with Gasteiger partial charge in [0, 0.05) is 0 Å². The number of methoxy groups -OCH3 is 1. The van der Waals surface area contributed by atoms with Gasteiger partial charge in [-0.1, -0.05) is 0 Å². The number of hydrogen-bond acceptors (Lipinski definition) is 4. The van der Waals surface area contributed by atoms with Gasteiger partial charge in [0.2, 0.25) is 0 Å². The van der Waals surface area contributed by atoms with Crippen LogP contribution >= 0.6 is 0 Å². The summed E-state index contributed by atoms with van der Waals surface area (Å²) in [5.41, 5.74) is 2.56. The predicted octanol–water partition coefficient (Wildman–Crippen LogP) is -0.519. The van der Waals surface area contributed by atoms with E-state index in [0.717, 1.165) is 0 Å². The Kier molecular flexibility index (Phi) is 1.02. The van der Waals surface area contributed by atoms with Crippen molar-refractivity contribution in [2.45, 2.75) is 0 Å². The van der Waals surface area contributed by atoms with Crippen molar-refractivity contribution < 1.29 is 9.47 Å². The first-order valence-corrected chi connectivity index (χ1v) is 1.91. The minimum atomic E-state index is 0.306. The van der Waals surface area contributed by atoms with Gasteiger partial charge >= 0.3 is 6.08 Å². The molecule has 0 aliphatic carbocycles. The zero-order valence-corrected chi connectivity index (χ0v) is 3.97. The fraction of sp³-hybridized carbons (Fsp3) is 0.667. The Morgan fingerprint density at radius 2 is 2.86 bits per heavy atom. The van der Waals surface area contributed by atoms with Crippen LogP contribution in [0.1, 0.15) is 0 Å². The zero-order valence-electron chi connectivity index (χ0n) is 3.97. The Morgan fingerprint density at radius 3 is 3.14 bits per heavy atom. The first kappa shape index (κ1) is 4.23. The van der Waals surface area contributed by atoms with Gasteiger partial charge < -0.3 is 9.47 Å². The number of hydrazone groups is 1. The molecule has 1 aliphatic heterocycles. The van der Waals surface area contributed by atoms with Crippen LogP contribution in [-0.2, 0) is 9.47 Å². The lowest BCUT2D eigenvalue weighted by atomic mass is 11.2. The van der Waals surface area contributed by atoms with Gasteiger partial charge in [0.25, 0.3) is 0 Å². The maximum atomic E-state index is 4.72. The standard InChI is InChI=1S/C3H6N2O2/c1-6-3-5-4-2-7-3/h4H,2H2,1H3. The fourth-order valence-electron chi connectivity index (χ4n) is 0.328. The molecule has 0 atom stereocenters. The Morgan fingerprint density at radius 1 is 2.00 bits per heavy atom. The van der Waals surface area contributed by atoms with E-state index in [2.05, 4.69) is 15.3 Å². The monoisotopic (exact) mass is 102 g/mol. The summed E-state index contributed by atoms with van der Waals surface area (Å²) in [7, 11) is 1.51. The number of hydrogen-bond donors (Lipinski definition) is 1. The minimum Gasteiger partial charge on any atom is -0.453 e. The first-order valence-electron chi connectivity index (χ1n) is 1.91. The summed E-state index contributed by atoms with van der Waals surface area (Å²) in [6.45, 7) is 0.420. The van der Waals surface area contributed by atoms with Crippen molar-refractivity contribution >= 4 is 6.08 Å². The number of nitrogens with zero attached hydrogens (tertiary/aromatic N) is 1. The second-order valence-electron chi connectivity index (χ2n) is 1.03. The molecule has 1 N–H and O–H groups in total. The highest BCUT2D eigenvalue weighted by atomic mass is 16.7. The summed E-state index contributed by atoms with van der Waals surface area (Å²) >= 11 is 0. The van der Waals surface area contributed by atoms with Gasteiger partial charge in [0.15, 0.2) is 6.73 Å². The minimum absolute atomic E-state index is 0.306. The smallest absolute Gasteiger partial charge is 0.407 e. The molecule has 1 aliphatic rings. The van der Waals surface area contributed by atoms with Gasteiger partial charge in [0.05, 0.1) is 7.11 Å². The SMILES string of the molecule is COC1=NNCO1. The van der Waals surface area contributed by atoms with Crippen molar-refractivity contribution in [2.75, 3.05) is 13.8 Å². The highest BCUT2D eigenvalue weighted by molar-refractivity contribution is 5.67. The molecule has 0 saturated heterocycles. The van der Waals surface area contributed by atoms with E-state index in [9.17, 15) is 0 Å². The molecule has 4 nitrogen and oxygen atoms in total. The second kappa shape index (κ2) is 1.68. The number of nitrogens with one attached hydrogen (secondary N) is 1.